The molecule has 7 aromatic rings. The van der Waals surface area contributed by atoms with Crippen LogP contribution >= 0.6 is 0 Å². The molecule has 1 nitrogen and oxygen atoms in total. The van der Waals surface area contributed by atoms with Crippen LogP contribution in [0.15, 0.2) is 200 Å². The predicted octanol–water partition coefficient (Wildman–Crippen LogP) is 29.0. The van der Waals surface area contributed by atoms with E-state index in [0.29, 0.717) is 5.92 Å². The fourth-order valence-electron chi connectivity index (χ4n) is 12.5. The van der Waals surface area contributed by atoms with E-state index in [9.17, 15) is 0 Å². The number of hydrogen-bond acceptors (Lipinski definition) is 1. The van der Waals surface area contributed by atoms with E-state index in [1.54, 1.807) is 5.57 Å². The molecule has 1 heteroatoms. The van der Waals surface area contributed by atoms with Crippen molar-refractivity contribution >= 4 is 39.9 Å². The maximum Gasteiger partial charge on any atom is 0.0572 e. The molecule has 0 heterocycles. The monoisotopic (exact) mass is 1230 g/mol. The molecule has 0 radical (unpaired) electrons. The lowest BCUT2D eigenvalue weighted by atomic mass is 9.83. The van der Waals surface area contributed by atoms with Gasteiger partial charge in [-0.3, -0.25) is 0 Å². The first-order valence-corrected chi connectivity index (χ1v) is 35.9. The summed E-state index contributed by atoms with van der Waals surface area (Å²) in [6.45, 7) is 44.0. The van der Waals surface area contributed by atoms with Crippen LogP contribution in [-0.2, 0) is 5.41 Å². The summed E-state index contributed by atoms with van der Waals surface area (Å²) in [4.78, 5) is 2.47. The first-order valence-electron chi connectivity index (χ1n) is 35.9. The highest BCUT2D eigenvalue weighted by molar-refractivity contribution is 5.96. The lowest BCUT2D eigenvalue weighted by molar-refractivity contribution is 0.504. The molecule has 7 aromatic carbocycles. The van der Waals surface area contributed by atoms with Crippen LogP contribution in [0.25, 0.3) is 61.9 Å². The molecule has 0 aliphatic heterocycles. The normalized spacial score (nSPS) is 12.8. The molecule has 0 aliphatic carbocycles. The average Bonchev–Trinajstić information content (AvgIpc) is 0.776. The lowest BCUT2D eigenvalue weighted by Gasteiger charge is -2.33. The summed E-state index contributed by atoms with van der Waals surface area (Å²) in [5, 5.41) is 0. The second-order valence-corrected chi connectivity index (χ2v) is 28.0. The van der Waals surface area contributed by atoms with Crippen molar-refractivity contribution in [1.82, 2.24) is 0 Å². The third-order valence-electron chi connectivity index (χ3n) is 19.0. The Morgan fingerprint density at radius 1 is 0.500 bits per heavy atom. The topological polar surface area (TPSA) is 3.24 Å². The van der Waals surface area contributed by atoms with E-state index in [2.05, 4.69) is 297 Å². The van der Waals surface area contributed by atoms with E-state index in [4.69, 9.17) is 6.58 Å². The smallest absolute Gasteiger partial charge is 0.0572 e. The lowest BCUT2D eigenvalue weighted by Crippen LogP contribution is -2.19. The van der Waals surface area contributed by atoms with Gasteiger partial charge in [0, 0.05) is 16.9 Å². The average molecular weight is 1230 g/mol. The molecule has 7 rings (SSSR count). The Hall–Kier alpha value is -7.22. The highest BCUT2D eigenvalue weighted by atomic mass is 15.2. The molecule has 0 saturated heterocycles. The first-order chi connectivity index (χ1) is 44.3. The largest absolute Gasteiger partial charge is 0.310 e. The van der Waals surface area contributed by atoms with Crippen LogP contribution in [-0.4, -0.2) is 0 Å². The van der Waals surface area contributed by atoms with Gasteiger partial charge in [-0.05, 0) is 184 Å². The Kier molecular flexibility index (Phi) is 29.6. The van der Waals surface area contributed by atoms with Gasteiger partial charge in [0.2, 0.25) is 0 Å². The molecule has 1 unspecified atom stereocenters. The summed E-state index contributed by atoms with van der Waals surface area (Å²) in [6.07, 6.45) is 33.5. The van der Waals surface area contributed by atoms with Crippen LogP contribution < -0.4 is 4.90 Å². The summed E-state index contributed by atoms with van der Waals surface area (Å²) >= 11 is 0. The zero-order chi connectivity index (χ0) is 66.8. The fourth-order valence-corrected chi connectivity index (χ4v) is 12.5. The van der Waals surface area contributed by atoms with Crippen molar-refractivity contribution in [3.05, 3.63) is 244 Å². The SMILES string of the molecule is C=C(c1ccc(-c2ccccc2)cc1)N(c1ccc(-c2ccccc2)cc1)c1c(/C(=C/C=C(\C)c2ccc(-c3ccc(C(C)(C)C)cc3C=C(CCCCCCCC)CCCCCCCC)c(C)c2)CCC)ccc(/C(=C/C=C(\C)C(C)(C)C)C(C)CC)c1C.CC. The maximum absolute atomic E-state index is 5.06. The number of allylic oxidation sites excluding steroid dienone is 9. The van der Waals surface area contributed by atoms with Gasteiger partial charge in [-0.15, -0.1) is 0 Å². The molecule has 92 heavy (non-hydrogen) atoms. The van der Waals surface area contributed by atoms with Gasteiger partial charge in [0.25, 0.3) is 0 Å². The molecule has 0 amide bonds. The summed E-state index contributed by atoms with van der Waals surface area (Å²) in [5.74, 6) is 0.332. The Morgan fingerprint density at radius 2 is 1.01 bits per heavy atom. The predicted molar refractivity (Wildman–Crippen MR) is 414 cm³/mol. The van der Waals surface area contributed by atoms with Crippen molar-refractivity contribution in [3.8, 4) is 33.4 Å². The Balaban J connectivity index is 0.00000665. The van der Waals surface area contributed by atoms with Crippen molar-refractivity contribution in [3.63, 3.8) is 0 Å². The van der Waals surface area contributed by atoms with E-state index in [1.807, 2.05) is 13.8 Å². The van der Waals surface area contributed by atoms with Crippen molar-refractivity contribution in [2.24, 2.45) is 11.3 Å². The minimum Gasteiger partial charge on any atom is -0.310 e. The molecular formula is C91H119N. The van der Waals surface area contributed by atoms with E-state index in [0.717, 1.165) is 36.2 Å². The molecule has 0 bridgehead atoms. The molecule has 0 spiro atoms. The Morgan fingerprint density at radius 3 is 1.53 bits per heavy atom. The molecule has 0 N–H and O–H groups in total. The minimum absolute atomic E-state index is 0.0537. The Labute approximate surface area is 562 Å². The molecule has 0 aliphatic rings. The third-order valence-corrected chi connectivity index (χ3v) is 19.0. The van der Waals surface area contributed by atoms with Crippen molar-refractivity contribution < 1.29 is 0 Å². The summed E-state index contributed by atoms with van der Waals surface area (Å²) in [6, 6.07) is 59.0. The molecule has 1 atom stereocenters. The Bertz CT molecular complexity index is 3540. The van der Waals surface area contributed by atoms with Gasteiger partial charge < -0.3 is 4.90 Å². The highest BCUT2D eigenvalue weighted by Crippen LogP contribution is 2.46. The van der Waals surface area contributed by atoms with Crippen molar-refractivity contribution in [1.29, 1.82) is 0 Å². The van der Waals surface area contributed by atoms with Crippen LogP contribution in [0.4, 0.5) is 11.4 Å². The fraction of sp³-hybridized carbons (Fsp3) is 0.407. The molecule has 0 fully saturated rings. The van der Waals surface area contributed by atoms with E-state index in [1.165, 1.54) is 190 Å². The molecule has 488 valence electrons. The maximum atomic E-state index is 5.06. The van der Waals surface area contributed by atoms with Crippen molar-refractivity contribution in [2.75, 3.05) is 4.90 Å². The number of nitrogens with zero attached hydrogens (tertiary/aromatic N) is 1. The van der Waals surface area contributed by atoms with Crippen LogP contribution in [0, 0.1) is 25.2 Å². The zero-order valence-electron chi connectivity index (χ0n) is 60.7. The summed E-state index contributed by atoms with van der Waals surface area (Å²) in [5.41, 5.74) is 27.7. The molecule has 0 aromatic heterocycles. The zero-order valence-corrected chi connectivity index (χ0v) is 60.7. The van der Waals surface area contributed by atoms with Gasteiger partial charge in [-0.2, -0.15) is 0 Å². The van der Waals surface area contributed by atoms with Gasteiger partial charge >= 0.3 is 0 Å². The summed E-state index contributed by atoms with van der Waals surface area (Å²) < 4.78 is 0. The number of benzene rings is 7. The number of aryl methyl sites for hydroxylation is 1. The summed E-state index contributed by atoms with van der Waals surface area (Å²) in [7, 11) is 0. The van der Waals surface area contributed by atoms with Gasteiger partial charge in [0.15, 0.2) is 0 Å². The van der Waals surface area contributed by atoms with Gasteiger partial charge in [-0.25, -0.2) is 0 Å². The number of anilines is 2. The quantitative estimate of drug-likeness (QED) is 0.0309. The minimum atomic E-state index is 0.0537. The number of rotatable bonds is 31. The third kappa shape index (κ3) is 20.9. The highest BCUT2D eigenvalue weighted by Gasteiger charge is 2.26. The first kappa shape index (κ1) is 73.8. The van der Waals surface area contributed by atoms with Crippen LogP contribution in [0.3, 0.4) is 0 Å². The standard InChI is InChI=1S/C89H113N.C2H6/c1-17-21-23-25-27-31-38-71(39-32-28-26-24-22-18-2)63-79-64-80(89(14,15)16)54-59-85(79)83-58-53-78(62-67(83)7)66(6)44-46-77(37-19-3)86-61-60-84(82(65(5)20-4)57-45-68(8)88(11,12)13)69(9)87(86)90(81-55-51-76(52-56-81)74-42-35-30-36-43-74)70(10)72-47-49-75(50-48-72)73-40-33-29-34-41-73;1-2/h29-30,33-36,40-65H,10,17-28,31-32,37-39H2,1-9,11-16H3;1-2H3/b66-44+,68-45+,77-46+,82-57+;. The van der Waals surface area contributed by atoms with Gasteiger partial charge in [0.05, 0.1) is 5.69 Å². The van der Waals surface area contributed by atoms with Gasteiger partial charge in [-0.1, -0.05) is 354 Å². The second-order valence-electron chi connectivity index (χ2n) is 28.0. The molecule has 0 saturated carbocycles. The van der Waals surface area contributed by atoms with Crippen LogP contribution in [0.5, 0.6) is 0 Å². The van der Waals surface area contributed by atoms with Crippen molar-refractivity contribution in [2.45, 2.75) is 232 Å². The second kappa shape index (κ2) is 36.9. The van der Waals surface area contributed by atoms with Gasteiger partial charge in [0.1, 0.15) is 0 Å². The number of unbranched alkanes of at least 4 members (excludes halogenated alkanes) is 10. The van der Waals surface area contributed by atoms with E-state index >= 15 is 0 Å². The van der Waals surface area contributed by atoms with E-state index in [-0.39, 0.29) is 10.8 Å². The van der Waals surface area contributed by atoms with Crippen LogP contribution in [0.2, 0.25) is 0 Å². The molecular weight excluding hydrogens is 1110 g/mol. The van der Waals surface area contributed by atoms with Crippen LogP contribution in [0.1, 0.15) is 258 Å². The number of hydrogen-bond donors (Lipinski definition) is 0. The van der Waals surface area contributed by atoms with E-state index < -0.39 is 0 Å².